The highest BCUT2D eigenvalue weighted by Gasteiger charge is 2.24. The molecule has 2 aromatic rings. The van der Waals surface area contributed by atoms with E-state index in [4.69, 9.17) is 0 Å². The smallest absolute Gasteiger partial charge is 0.174 e. The zero-order valence-electron chi connectivity index (χ0n) is 9.48. The molecule has 17 heavy (non-hydrogen) atoms. The van der Waals surface area contributed by atoms with Crippen molar-refractivity contribution < 1.29 is 8.42 Å². The molecule has 0 fully saturated rings. The zero-order chi connectivity index (χ0) is 12.5. The van der Waals surface area contributed by atoms with Crippen molar-refractivity contribution in [3.05, 3.63) is 36.2 Å². The lowest BCUT2D eigenvalue weighted by molar-refractivity contribution is 0.587. The van der Waals surface area contributed by atoms with Crippen molar-refractivity contribution in [2.75, 3.05) is 6.26 Å². The second-order valence-electron chi connectivity index (χ2n) is 3.76. The van der Waals surface area contributed by atoms with Gasteiger partial charge >= 0.3 is 0 Å². The fourth-order valence-corrected chi connectivity index (χ4v) is 1.92. The number of benzene rings is 1. The first-order valence-corrected chi connectivity index (χ1v) is 6.98. The number of hydrogen-bond donors (Lipinski definition) is 0. The zero-order valence-corrected chi connectivity index (χ0v) is 10.3. The highest BCUT2D eigenvalue weighted by molar-refractivity contribution is 7.90. The quantitative estimate of drug-likeness (QED) is 0.806. The molecular weight excluding hydrogens is 240 g/mol. The number of tetrazole rings is 1. The SMILES string of the molecule is CC(c1nnnn1-c1ccccc1)S(C)(=O)=O. The minimum absolute atomic E-state index is 0.318. The maximum absolute atomic E-state index is 11.5. The summed E-state index contributed by atoms with van der Waals surface area (Å²) in [6, 6.07) is 9.18. The fourth-order valence-electron chi connectivity index (χ4n) is 1.39. The molecule has 0 amide bonds. The standard InChI is InChI=1S/C10H12N4O2S/c1-8(17(2,15)16)10-11-12-13-14(10)9-6-4-3-5-7-9/h3-8H,1-2H3. The Kier molecular flexibility index (Phi) is 2.93. The Morgan fingerprint density at radius 1 is 1.24 bits per heavy atom. The van der Waals surface area contributed by atoms with Crippen molar-refractivity contribution >= 4 is 9.84 Å². The van der Waals surface area contributed by atoms with E-state index >= 15 is 0 Å². The molecule has 1 aromatic heterocycles. The largest absolute Gasteiger partial charge is 0.228 e. The Morgan fingerprint density at radius 3 is 2.47 bits per heavy atom. The Balaban J connectivity index is 2.50. The van der Waals surface area contributed by atoms with Crippen molar-refractivity contribution in [2.45, 2.75) is 12.2 Å². The van der Waals surface area contributed by atoms with Crippen LogP contribution in [0.1, 0.15) is 18.0 Å². The summed E-state index contributed by atoms with van der Waals surface area (Å²) in [5.74, 6) is 0.318. The number of sulfone groups is 1. The van der Waals surface area contributed by atoms with Crippen LogP contribution in [0.2, 0.25) is 0 Å². The summed E-state index contributed by atoms with van der Waals surface area (Å²) in [6.45, 7) is 1.57. The average molecular weight is 252 g/mol. The van der Waals surface area contributed by atoms with Crippen LogP contribution >= 0.6 is 0 Å². The van der Waals surface area contributed by atoms with Gasteiger partial charge in [0.1, 0.15) is 5.25 Å². The third-order valence-electron chi connectivity index (χ3n) is 2.50. The van der Waals surface area contributed by atoms with E-state index < -0.39 is 15.1 Å². The Morgan fingerprint density at radius 2 is 1.88 bits per heavy atom. The van der Waals surface area contributed by atoms with E-state index in [1.54, 1.807) is 6.92 Å². The second-order valence-corrected chi connectivity index (χ2v) is 6.12. The minimum Gasteiger partial charge on any atom is -0.228 e. The normalized spacial score (nSPS) is 13.5. The van der Waals surface area contributed by atoms with Gasteiger partial charge in [-0.15, -0.1) is 5.10 Å². The lowest BCUT2D eigenvalue weighted by atomic mass is 10.3. The highest BCUT2D eigenvalue weighted by atomic mass is 32.2. The average Bonchev–Trinajstić information content (AvgIpc) is 2.76. The molecule has 0 saturated carbocycles. The summed E-state index contributed by atoms with van der Waals surface area (Å²) in [6.07, 6.45) is 1.17. The number of hydrogen-bond acceptors (Lipinski definition) is 5. The first kappa shape index (κ1) is 11.7. The van der Waals surface area contributed by atoms with Gasteiger partial charge in [0.05, 0.1) is 5.69 Å². The predicted octanol–water partition coefficient (Wildman–Crippen LogP) is 0.768. The molecule has 0 spiro atoms. The van der Waals surface area contributed by atoms with Crippen LogP contribution in [0.4, 0.5) is 0 Å². The van der Waals surface area contributed by atoms with Gasteiger partial charge in [-0.3, -0.25) is 0 Å². The Labute approximate surface area is 99.2 Å². The van der Waals surface area contributed by atoms with Crippen LogP contribution in [0.3, 0.4) is 0 Å². The maximum Gasteiger partial charge on any atom is 0.174 e. The van der Waals surface area contributed by atoms with Crippen LogP contribution in [0, 0.1) is 0 Å². The Bertz CT molecular complexity index is 606. The molecule has 2 rings (SSSR count). The first-order chi connectivity index (χ1) is 8.00. The van der Waals surface area contributed by atoms with Crippen molar-refractivity contribution in [2.24, 2.45) is 0 Å². The molecule has 0 aliphatic carbocycles. The summed E-state index contributed by atoms with van der Waals surface area (Å²) in [5.41, 5.74) is 0.739. The topological polar surface area (TPSA) is 77.7 Å². The van der Waals surface area contributed by atoms with E-state index in [9.17, 15) is 8.42 Å². The molecule has 0 radical (unpaired) electrons. The van der Waals surface area contributed by atoms with Gasteiger partial charge in [0.2, 0.25) is 0 Å². The predicted molar refractivity (Wildman–Crippen MR) is 62.4 cm³/mol. The van der Waals surface area contributed by atoms with Crippen molar-refractivity contribution in [3.8, 4) is 5.69 Å². The van der Waals surface area contributed by atoms with E-state index in [-0.39, 0.29) is 0 Å². The van der Waals surface area contributed by atoms with E-state index in [1.165, 1.54) is 10.9 Å². The number of para-hydroxylation sites is 1. The summed E-state index contributed by atoms with van der Waals surface area (Å²) in [5, 5.41) is 10.4. The molecule has 1 unspecified atom stereocenters. The fraction of sp³-hybridized carbons (Fsp3) is 0.300. The first-order valence-electron chi connectivity index (χ1n) is 5.02. The molecule has 7 heteroatoms. The third-order valence-corrected chi connectivity index (χ3v) is 4.00. The van der Waals surface area contributed by atoms with Gasteiger partial charge in [0, 0.05) is 6.26 Å². The van der Waals surface area contributed by atoms with Crippen molar-refractivity contribution in [1.29, 1.82) is 0 Å². The molecule has 0 bridgehead atoms. The van der Waals surface area contributed by atoms with E-state index in [0.29, 0.717) is 5.82 Å². The maximum atomic E-state index is 11.5. The molecule has 0 aliphatic rings. The van der Waals surface area contributed by atoms with Crippen molar-refractivity contribution in [3.63, 3.8) is 0 Å². The molecule has 6 nitrogen and oxygen atoms in total. The molecule has 1 heterocycles. The Hall–Kier alpha value is -1.76. The van der Waals surface area contributed by atoms with Crippen LogP contribution in [0.5, 0.6) is 0 Å². The molecule has 0 N–H and O–H groups in total. The van der Waals surface area contributed by atoms with E-state index in [0.717, 1.165) is 5.69 Å². The summed E-state index contributed by atoms with van der Waals surface area (Å²) in [7, 11) is -3.22. The number of rotatable bonds is 3. The van der Waals surface area contributed by atoms with Crippen molar-refractivity contribution in [1.82, 2.24) is 20.2 Å². The molecule has 0 aliphatic heterocycles. The van der Waals surface area contributed by atoms with E-state index in [1.807, 2.05) is 30.3 Å². The lowest BCUT2D eigenvalue weighted by Gasteiger charge is -2.09. The van der Waals surface area contributed by atoms with Gasteiger partial charge in [-0.1, -0.05) is 18.2 Å². The highest BCUT2D eigenvalue weighted by Crippen LogP contribution is 2.20. The van der Waals surface area contributed by atoms with Crippen LogP contribution in [0.15, 0.2) is 30.3 Å². The molecule has 1 atom stereocenters. The number of aromatic nitrogens is 4. The molecular formula is C10H12N4O2S. The lowest BCUT2D eigenvalue weighted by Crippen LogP contribution is -2.14. The van der Waals surface area contributed by atoms with Gasteiger partial charge in [-0.25, -0.2) is 8.42 Å². The van der Waals surface area contributed by atoms with Crippen LogP contribution < -0.4 is 0 Å². The molecule has 90 valence electrons. The van der Waals surface area contributed by atoms with Gasteiger partial charge in [0.25, 0.3) is 0 Å². The van der Waals surface area contributed by atoms with E-state index in [2.05, 4.69) is 15.5 Å². The summed E-state index contributed by atoms with van der Waals surface area (Å²) >= 11 is 0. The van der Waals surface area contributed by atoms with Crippen LogP contribution in [0.25, 0.3) is 5.69 Å². The molecule has 0 saturated heterocycles. The van der Waals surface area contributed by atoms with Gasteiger partial charge in [0.15, 0.2) is 15.7 Å². The summed E-state index contributed by atoms with van der Waals surface area (Å²) in [4.78, 5) is 0. The van der Waals surface area contributed by atoms with Gasteiger partial charge < -0.3 is 0 Å². The number of nitrogens with zero attached hydrogens (tertiary/aromatic N) is 4. The second kappa shape index (κ2) is 4.25. The van der Waals surface area contributed by atoms with Gasteiger partial charge in [-0.05, 0) is 29.5 Å². The minimum atomic E-state index is -3.22. The van der Waals surface area contributed by atoms with Crippen LogP contribution in [-0.2, 0) is 9.84 Å². The third kappa shape index (κ3) is 2.33. The summed E-state index contributed by atoms with van der Waals surface area (Å²) < 4.78 is 24.4. The monoisotopic (exact) mass is 252 g/mol. The van der Waals surface area contributed by atoms with Crippen LogP contribution in [-0.4, -0.2) is 34.9 Å². The van der Waals surface area contributed by atoms with Gasteiger partial charge in [-0.2, -0.15) is 4.68 Å². The molecule has 1 aromatic carbocycles.